The molecule has 112 valence electrons. The molecule has 2 amide bonds. The van der Waals surface area contributed by atoms with Gasteiger partial charge in [-0.05, 0) is 30.7 Å². The zero-order valence-electron chi connectivity index (χ0n) is 11.9. The van der Waals surface area contributed by atoms with Crippen LogP contribution in [0.1, 0.15) is 18.5 Å². The number of carbonyl (C=O) groups is 1. The number of hydrogen-bond acceptors (Lipinski definition) is 4. The number of carbonyl (C=O) groups excluding carboxylic acids is 1. The highest BCUT2D eigenvalue weighted by molar-refractivity contribution is 7.13. The van der Waals surface area contributed by atoms with Gasteiger partial charge in [0.25, 0.3) is 0 Å². The summed E-state index contributed by atoms with van der Waals surface area (Å²) in [6.07, 6.45) is 5.26. The summed E-state index contributed by atoms with van der Waals surface area (Å²) in [5.74, 6) is 0. The maximum atomic E-state index is 11.9. The predicted molar refractivity (Wildman–Crippen MR) is 86.2 cm³/mol. The predicted octanol–water partition coefficient (Wildman–Crippen LogP) is 3.21. The second-order valence-corrected chi connectivity index (χ2v) is 5.60. The van der Waals surface area contributed by atoms with Crippen LogP contribution in [0.5, 0.6) is 0 Å². The van der Waals surface area contributed by atoms with E-state index >= 15 is 0 Å². The molecular formula is C15H15N5OS. The average Bonchev–Trinajstić information content (AvgIpc) is 3.20. The first-order valence-electron chi connectivity index (χ1n) is 6.79. The number of nitrogens with one attached hydrogen (secondary N) is 2. The number of amides is 2. The van der Waals surface area contributed by atoms with E-state index in [-0.39, 0.29) is 12.1 Å². The van der Waals surface area contributed by atoms with Crippen molar-refractivity contribution in [3.63, 3.8) is 0 Å². The van der Waals surface area contributed by atoms with Gasteiger partial charge in [0.05, 0.1) is 11.7 Å². The van der Waals surface area contributed by atoms with Crippen LogP contribution in [0.4, 0.5) is 9.93 Å². The molecule has 1 aromatic carbocycles. The fourth-order valence-electron chi connectivity index (χ4n) is 2.06. The van der Waals surface area contributed by atoms with E-state index in [0.29, 0.717) is 5.13 Å². The van der Waals surface area contributed by atoms with E-state index in [1.165, 1.54) is 11.3 Å². The molecule has 0 aliphatic rings. The second kappa shape index (κ2) is 6.40. The summed E-state index contributed by atoms with van der Waals surface area (Å²) >= 11 is 1.38. The largest absolute Gasteiger partial charge is 0.331 e. The molecule has 3 aromatic rings. The minimum absolute atomic E-state index is 0.129. The summed E-state index contributed by atoms with van der Waals surface area (Å²) in [5.41, 5.74) is 1.96. The number of anilines is 1. The molecule has 22 heavy (non-hydrogen) atoms. The highest BCUT2D eigenvalue weighted by atomic mass is 32.1. The molecule has 0 fully saturated rings. The van der Waals surface area contributed by atoms with Gasteiger partial charge in [0, 0.05) is 24.0 Å². The third-order valence-electron chi connectivity index (χ3n) is 3.14. The first-order valence-corrected chi connectivity index (χ1v) is 7.67. The van der Waals surface area contributed by atoms with Crippen LogP contribution in [0, 0.1) is 0 Å². The van der Waals surface area contributed by atoms with E-state index in [9.17, 15) is 4.79 Å². The Morgan fingerprint density at radius 3 is 2.95 bits per heavy atom. The van der Waals surface area contributed by atoms with Crippen molar-refractivity contribution in [1.82, 2.24) is 20.1 Å². The monoisotopic (exact) mass is 313 g/mol. The first kappa shape index (κ1) is 14.3. The Labute approximate surface area is 131 Å². The molecule has 0 aliphatic carbocycles. The van der Waals surface area contributed by atoms with Crippen molar-refractivity contribution in [2.45, 2.75) is 13.0 Å². The molecule has 0 unspecified atom stereocenters. The van der Waals surface area contributed by atoms with Crippen LogP contribution < -0.4 is 10.6 Å². The SMILES string of the molecule is C[C@H](NC(=O)Nc1nccs1)c1cccc(-n2cccn2)c1. The fourth-order valence-corrected chi connectivity index (χ4v) is 2.58. The van der Waals surface area contributed by atoms with Crippen molar-refractivity contribution in [2.24, 2.45) is 0 Å². The van der Waals surface area contributed by atoms with Gasteiger partial charge >= 0.3 is 6.03 Å². The summed E-state index contributed by atoms with van der Waals surface area (Å²) < 4.78 is 1.78. The normalized spacial score (nSPS) is 11.9. The van der Waals surface area contributed by atoms with Gasteiger partial charge in [0.1, 0.15) is 0 Å². The molecular weight excluding hydrogens is 298 g/mol. The Kier molecular flexibility index (Phi) is 4.15. The van der Waals surface area contributed by atoms with E-state index in [0.717, 1.165) is 11.3 Å². The van der Waals surface area contributed by atoms with Crippen LogP contribution >= 0.6 is 11.3 Å². The standard InChI is InChI=1S/C15H15N5OS/c1-11(18-14(21)19-15-16-7-9-22-15)12-4-2-5-13(10-12)20-8-3-6-17-20/h2-11H,1H3,(H2,16,18,19,21)/t11-/m0/s1. The minimum atomic E-state index is -0.271. The van der Waals surface area contributed by atoms with E-state index in [4.69, 9.17) is 0 Å². The molecule has 7 heteroatoms. The van der Waals surface area contributed by atoms with Crippen molar-refractivity contribution in [3.05, 3.63) is 59.9 Å². The number of urea groups is 1. The number of rotatable bonds is 4. The molecule has 0 aliphatic heterocycles. The lowest BCUT2D eigenvalue weighted by Crippen LogP contribution is -2.31. The van der Waals surface area contributed by atoms with E-state index in [1.54, 1.807) is 17.1 Å². The number of thiazole rings is 1. The third-order valence-corrected chi connectivity index (χ3v) is 3.83. The Bertz CT molecular complexity index is 739. The lowest BCUT2D eigenvalue weighted by molar-refractivity contribution is 0.249. The van der Waals surface area contributed by atoms with Crippen LogP contribution in [0.3, 0.4) is 0 Å². The van der Waals surface area contributed by atoms with E-state index in [2.05, 4.69) is 20.7 Å². The number of hydrogen-bond donors (Lipinski definition) is 2. The van der Waals surface area contributed by atoms with Gasteiger partial charge in [-0.15, -0.1) is 11.3 Å². The Hall–Kier alpha value is -2.67. The topological polar surface area (TPSA) is 71.8 Å². The lowest BCUT2D eigenvalue weighted by Gasteiger charge is -2.15. The molecule has 2 aromatic heterocycles. The molecule has 0 saturated carbocycles. The van der Waals surface area contributed by atoms with Gasteiger partial charge in [0.15, 0.2) is 5.13 Å². The van der Waals surface area contributed by atoms with Crippen LogP contribution in [0.15, 0.2) is 54.3 Å². The summed E-state index contributed by atoms with van der Waals surface area (Å²) in [6.45, 7) is 1.93. The summed E-state index contributed by atoms with van der Waals surface area (Å²) in [7, 11) is 0. The quantitative estimate of drug-likeness (QED) is 0.777. The maximum Gasteiger partial charge on any atom is 0.321 e. The second-order valence-electron chi connectivity index (χ2n) is 4.70. The number of nitrogens with zero attached hydrogens (tertiary/aromatic N) is 3. The van der Waals surface area contributed by atoms with Crippen LogP contribution in [0.25, 0.3) is 5.69 Å². The molecule has 3 rings (SSSR count). The molecule has 0 radical (unpaired) electrons. The molecule has 0 saturated heterocycles. The van der Waals surface area contributed by atoms with Crippen molar-refractivity contribution in [2.75, 3.05) is 5.32 Å². The molecule has 1 atom stereocenters. The molecule has 0 bridgehead atoms. The third kappa shape index (κ3) is 3.32. The van der Waals surface area contributed by atoms with E-state index < -0.39 is 0 Å². The van der Waals surface area contributed by atoms with Gasteiger partial charge in [-0.2, -0.15) is 5.10 Å². The highest BCUT2D eigenvalue weighted by Gasteiger charge is 2.11. The summed E-state index contributed by atoms with van der Waals surface area (Å²) in [4.78, 5) is 16.0. The van der Waals surface area contributed by atoms with Gasteiger partial charge < -0.3 is 5.32 Å². The van der Waals surface area contributed by atoms with Gasteiger partial charge in [-0.3, -0.25) is 5.32 Å². The van der Waals surface area contributed by atoms with Gasteiger partial charge in [-0.25, -0.2) is 14.5 Å². The smallest absolute Gasteiger partial charge is 0.321 e. The Balaban J connectivity index is 1.68. The minimum Gasteiger partial charge on any atom is -0.331 e. The zero-order valence-corrected chi connectivity index (χ0v) is 12.7. The van der Waals surface area contributed by atoms with Crippen molar-refractivity contribution >= 4 is 22.5 Å². The number of aromatic nitrogens is 3. The summed E-state index contributed by atoms with van der Waals surface area (Å²) in [5, 5.41) is 12.2. The van der Waals surface area contributed by atoms with Crippen LogP contribution in [0.2, 0.25) is 0 Å². The summed E-state index contributed by atoms with van der Waals surface area (Å²) in [6, 6.07) is 9.36. The highest BCUT2D eigenvalue weighted by Crippen LogP contribution is 2.17. The molecule has 0 spiro atoms. The average molecular weight is 313 g/mol. The maximum absolute atomic E-state index is 11.9. The number of benzene rings is 1. The van der Waals surface area contributed by atoms with E-state index in [1.807, 2.05) is 48.8 Å². The molecule has 2 heterocycles. The van der Waals surface area contributed by atoms with Gasteiger partial charge in [-0.1, -0.05) is 12.1 Å². The molecule has 6 nitrogen and oxygen atoms in total. The Morgan fingerprint density at radius 2 is 2.23 bits per heavy atom. The van der Waals surface area contributed by atoms with Crippen molar-refractivity contribution in [1.29, 1.82) is 0 Å². The van der Waals surface area contributed by atoms with Gasteiger partial charge in [0.2, 0.25) is 0 Å². The molecule has 2 N–H and O–H groups in total. The van der Waals surface area contributed by atoms with Crippen molar-refractivity contribution in [3.8, 4) is 5.69 Å². The first-order chi connectivity index (χ1) is 10.7. The van der Waals surface area contributed by atoms with Crippen molar-refractivity contribution < 1.29 is 4.79 Å². The van der Waals surface area contributed by atoms with Crippen LogP contribution in [-0.4, -0.2) is 20.8 Å². The Morgan fingerprint density at radius 1 is 1.32 bits per heavy atom. The van der Waals surface area contributed by atoms with Crippen LogP contribution in [-0.2, 0) is 0 Å². The zero-order chi connectivity index (χ0) is 15.4. The lowest BCUT2D eigenvalue weighted by atomic mass is 10.1. The fraction of sp³-hybridized carbons (Fsp3) is 0.133.